The van der Waals surface area contributed by atoms with E-state index >= 15 is 0 Å². The summed E-state index contributed by atoms with van der Waals surface area (Å²) in [5.41, 5.74) is 7.71. The minimum absolute atomic E-state index is 0.00883. The molecule has 1 unspecified atom stereocenters. The Hall–Kier alpha value is -0.910. The zero-order valence-corrected chi connectivity index (χ0v) is 13.2. The SMILES string of the molecule is NCC(Nc1ccc(F)c(Br)c1)c1ccc(Br)cc1. The largest absolute Gasteiger partial charge is 0.377 e. The van der Waals surface area contributed by atoms with Crippen LogP contribution in [0, 0.1) is 5.82 Å². The van der Waals surface area contributed by atoms with E-state index in [1.54, 1.807) is 12.1 Å². The molecule has 0 radical (unpaired) electrons. The van der Waals surface area contributed by atoms with Crippen LogP contribution < -0.4 is 11.1 Å². The van der Waals surface area contributed by atoms with Gasteiger partial charge in [-0.1, -0.05) is 28.1 Å². The Morgan fingerprint density at radius 1 is 1.11 bits per heavy atom. The monoisotopic (exact) mass is 386 g/mol. The minimum atomic E-state index is -0.279. The van der Waals surface area contributed by atoms with E-state index in [1.807, 2.05) is 24.3 Å². The second-order valence-corrected chi connectivity index (χ2v) is 5.88. The van der Waals surface area contributed by atoms with E-state index in [-0.39, 0.29) is 11.9 Å². The van der Waals surface area contributed by atoms with Crippen molar-refractivity contribution in [2.45, 2.75) is 6.04 Å². The highest BCUT2D eigenvalue weighted by Crippen LogP contribution is 2.24. The molecule has 2 aromatic carbocycles. The van der Waals surface area contributed by atoms with Crippen LogP contribution in [-0.4, -0.2) is 6.54 Å². The van der Waals surface area contributed by atoms with Gasteiger partial charge in [0.25, 0.3) is 0 Å². The fourth-order valence-electron chi connectivity index (χ4n) is 1.76. The summed E-state index contributed by atoms with van der Waals surface area (Å²) in [6.45, 7) is 0.455. The fraction of sp³-hybridized carbons (Fsp3) is 0.143. The maximum absolute atomic E-state index is 13.2. The number of anilines is 1. The lowest BCUT2D eigenvalue weighted by Gasteiger charge is -2.19. The highest BCUT2D eigenvalue weighted by atomic mass is 79.9. The lowest BCUT2D eigenvalue weighted by molar-refractivity contribution is 0.621. The summed E-state index contributed by atoms with van der Waals surface area (Å²) < 4.78 is 14.6. The van der Waals surface area contributed by atoms with Crippen LogP contribution in [0.15, 0.2) is 51.4 Å². The zero-order valence-electron chi connectivity index (χ0n) is 10.0. The van der Waals surface area contributed by atoms with Crippen molar-refractivity contribution in [2.24, 2.45) is 5.73 Å². The fourth-order valence-corrected chi connectivity index (χ4v) is 2.40. The van der Waals surface area contributed by atoms with Crippen molar-refractivity contribution in [3.8, 4) is 0 Å². The maximum atomic E-state index is 13.2. The zero-order chi connectivity index (χ0) is 13.8. The minimum Gasteiger partial charge on any atom is -0.377 e. The molecule has 0 amide bonds. The van der Waals surface area contributed by atoms with Gasteiger partial charge in [0.15, 0.2) is 0 Å². The smallest absolute Gasteiger partial charge is 0.137 e. The summed E-state index contributed by atoms with van der Waals surface area (Å²) in [6.07, 6.45) is 0. The van der Waals surface area contributed by atoms with Crippen LogP contribution in [0.2, 0.25) is 0 Å². The molecule has 0 aromatic heterocycles. The Morgan fingerprint density at radius 3 is 2.37 bits per heavy atom. The predicted molar refractivity (Wildman–Crippen MR) is 83.7 cm³/mol. The molecule has 2 rings (SSSR count). The van der Waals surface area contributed by atoms with Gasteiger partial charge in [0, 0.05) is 16.7 Å². The molecule has 100 valence electrons. The van der Waals surface area contributed by atoms with Gasteiger partial charge in [-0.05, 0) is 51.8 Å². The number of rotatable bonds is 4. The summed E-state index contributed by atoms with van der Waals surface area (Å²) >= 11 is 6.57. The van der Waals surface area contributed by atoms with Gasteiger partial charge in [-0.2, -0.15) is 0 Å². The second kappa shape index (κ2) is 6.50. The van der Waals surface area contributed by atoms with Gasteiger partial charge in [0.2, 0.25) is 0 Å². The van der Waals surface area contributed by atoms with Crippen LogP contribution in [0.25, 0.3) is 0 Å². The number of hydrogen-bond acceptors (Lipinski definition) is 2. The number of nitrogens with one attached hydrogen (secondary N) is 1. The first-order chi connectivity index (χ1) is 9.10. The molecular weight excluding hydrogens is 375 g/mol. The summed E-state index contributed by atoms with van der Waals surface area (Å²) in [7, 11) is 0. The van der Waals surface area contributed by atoms with Gasteiger partial charge in [0.1, 0.15) is 5.82 Å². The molecule has 19 heavy (non-hydrogen) atoms. The Balaban J connectivity index is 2.18. The molecule has 2 aromatic rings. The van der Waals surface area contributed by atoms with Crippen LogP contribution in [0.3, 0.4) is 0 Å². The number of hydrogen-bond donors (Lipinski definition) is 2. The van der Waals surface area contributed by atoms with E-state index in [9.17, 15) is 4.39 Å². The molecule has 0 saturated carbocycles. The van der Waals surface area contributed by atoms with Crippen molar-refractivity contribution < 1.29 is 4.39 Å². The van der Waals surface area contributed by atoms with Crippen LogP contribution in [0.5, 0.6) is 0 Å². The third-order valence-corrected chi connectivity index (χ3v) is 3.90. The van der Waals surface area contributed by atoms with Gasteiger partial charge < -0.3 is 11.1 Å². The lowest BCUT2D eigenvalue weighted by Crippen LogP contribution is -2.20. The molecule has 0 aliphatic carbocycles. The Kier molecular flexibility index (Phi) is 4.96. The molecular formula is C14H13Br2FN2. The van der Waals surface area contributed by atoms with Crippen LogP contribution >= 0.6 is 31.9 Å². The van der Waals surface area contributed by atoms with E-state index < -0.39 is 0 Å². The average molecular weight is 388 g/mol. The van der Waals surface area contributed by atoms with Gasteiger partial charge in [-0.3, -0.25) is 0 Å². The molecule has 0 saturated heterocycles. The van der Waals surface area contributed by atoms with E-state index in [0.29, 0.717) is 11.0 Å². The van der Waals surface area contributed by atoms with Crippen LogP contribution in [0.4, 0.5) is 10.1 Å². The summed E-state index contributed by atoms with van der Waals surface area (Å²) in [6, 6.07) is 12.8. The average Bonchev–Trinajstić information content (AvgIpc) is 2.41. The van der Waals surface area contributed by atoms with E-state index in [4.69, 9.17) is 5.73 Å². The lowest BCUT2D eigenvalue weighted by atomic mass is 10.1. The maximum Gasteiger partial charge on any atom is 0.137 e. The molecule has 0 bridgehead atoms. The van der Waals surface area contributed by atoms with Gasteiger partial charge in [-0.25, -0.2) is 4.39 Å². The number of halogens is 3. The third-order valence-electron chi connectivity index (χ3n) is 2.77. The Labute approximate surface area is 128 Å². The van der Waals surface area contributed by atoms with Gasteiger partial charge in [-0.15, -0.1) is 0 Å². The van der Waals surface area contributed by atoms with Crippen molar-refractivity contribution in [1.29, 1.82) is 0 Å². The van der Waals surface area contributed by atoms with Crippen LogP contribution in [-0.2, 0) is 0 Å². The first-order valence-electron chi connectivity index (χ1n) is 5.77. The quantitative estimate of drug-likeness (QED) is 0.812. The number of nitrogens with two attached hydrogens (primary N) is 1. The van der Waals surface area contributed by atoms with Gasteiger partial charge >= 0.3 is 0 Å². The standard InChI is InChI=1S/C14H13Br2FN2/c15-10-3-1-9(2-4-10)14(8-18)19-11-5-6-13(17)12(16)7-11/h1-7,14,19H,8,18H2. The first-order valence-corrected chi connectivity index (χ1v) is 7.36. The molecule has 3 N–H and O–H groups in total. The van der Waals surface area contributed by atoms with E-state index in [1.165, 1.54) is 6.07 Å². The number of benzene rings is 2. The normalized spacial score (nSPS) is 12.2. The molecule has 1 atom stereocenters. The summed E-state index contributed by atoms with van der Waals surface area (Å²) in [4.78, 5) is 0. The topological polar surface area (TPSA) is 38.0 Å². The van der Waals surface area contributed by atoms with E-state index in [0.717, 1.165) is 15.7 Å². The highest BCUT2D eigenvalue weighted by molar-refractivity contribution is 9.10. The molecule has 0 fully saturated rings. The molecule has 0 spiro atoms. The summed E-state index contributed by atoms with van der Waals surface area (Å²) in [5.74, 6) is -0.279. The molecule has 5 heteroatoms. The molecule has 2 nitrogen and oxygen atoms in total. The molecule has 0 aliphatic rings. The molecule has 0 aliphatic heterocycles. The van der Waals surface area contributed by atoms with Gasteiger partial charge in [0.05, 0.1) is 10.5 Å². The first kappa shape index (κ1) is 14.5. The summed E-state index contributed by atoms with van der Waals surface area (Å²) in [5, 5.41) is 3.30. The Bertz CT molecular complexity index is 558. The highest BCUT2D eigenvalue weighted by Gasteiger charge is 2.10. The Morgan fingerprint density at radius 2 is 1.79 bits per heavy atom. The van der Waals surface area contributed by atoms with Crippen molar-refractivity contribution in [3.05, 3.63) is 62.8 Å². The third kappa shape index (κ3) is 3.78. The van der Waals surface area contributed by atoms with E-state index in [2.05, 4.69) is 37.2 Å². The molecule has 0 heterocycles. The van der Waals surface area contributed by atoms with Crippen molar-refractivity contribution in [1.82, 2.24) is 0 Å². The van der Waals surface area contributed by atoms with Crippen molar-refractivity contribution in [3.63, 3.8) is 0 Å². The predicted octanol–water partition coefficient (Wildman–Crippen LogP) is 4.46. The van der Waals surface area contributed by atoms with Crippen molar-refractivity contribution >= 4 is 37.5 Å². The van der Waals surface area contributed by atoms with Crippen molar-refractivity contribution in [2.75, 3.05) is 11.9 Å². The second-order valence-electron chi connectivity index (χ2n) is 4.11. The van der Waals surface area contributed by atoms with Crippen LogP contribution in [0.1, 0.15) is 11.6 Å².